The monoisotopic (exact) mass is 182 g/mol. The van der Waals surface area contributed by atoms with Crippen molar-refractivity contribution in [3.63, 3.8) is 0 Å². The number of rotatable bonds is 0. The Kier molecular flexibility index (Phi) is 1.57. The van der Waals surface area contributed by atoms with Crippen molar-refractivity contribution in [3.8, 4) is 5.75 Å². The fourth-order valence-electron chi connectivity index (χ4n) is 1.86. The number of hydrogen-bond acceptors (Lipinski definition) is 1. The van der Waals surface area contributed by atoms with E-state index in [9.17, 15) is 0 Å². The van der Waals surface area contributed by atoms with E-state index in [0.717, 1.165) is 11.5 Å². The van der Waals surface area contributed by atoms with Crippen LogP contribution in [0.15, 0.2) is 60.4 Å². The smallest absolute Gasteiger partial charge is 0.131 e. The van der Waals surface area contributed by atoms with E-state index in [4.69, 9.17) is 4.74 Å². The zero-order chi connectivity index (χ0) is 9.38. The predicted octanol–water partition coefficient (Wildman–Crippen LogP) is 3.17. The van der Waals surface area contributed by atoms with Gasteiger partial charge in [0.2, 0.25) is 0 Å². The zero-order valence-electron chi connectivity index (χ0n) is 7.68. The summed E-state index contributed by atoms with van der Waals surface area (Å²) in [5.41, 5.74) is 1.25. The summed E-state index contributed by atoms with van der Waals surface area (Å²) in [6.45, 7) is 0. The van der Waals surface area contributed by atoms with E-state index in [1.54, 1.807) is 0 Å². The Morgan fingerprint density at radius 2 is 2.00 bits per heavy atom. The van der Waals surface area contributed by atoms with E-state index in [-0.39, 0.29) is 0 Å². The van der Waals surface area contributed by atoms with Crippen molar-refractivity contribution >= 4 is 0 Å². The maximum absolute atomic E-state index is 5.72. The first-order valence-electron chi connectivity index (χ1n) is 4.77. The molecule has 3 rings (SSSR count). The van der Waals surface area contributed by atoms with Gasteiger partial charge in [-0.2, -0.15) is 0 Å². The van der Waals surface area contributed by atoms with E-state index in [1.165, 1.54) is 5.56 Å². The SMILES string of the molecule is C1=CC2=CC(C=C1)c1ccccc1O2. The minimum absolute atomic E-state index is 0.366. The highest BCUT2D eigenvalue weighted by Crippen LogP contribution is 2.36. The van der Waals surface area contributed by atoms with Crippen LogP contribution in [0.5, 0.6) is 5.75 Å². The van der Waals surface area contributed by atoms with Gasteiger partial charge in [-0.25, -0.2) is 0 Å². The highest BCUT2D eigenvalue weighted by Gasteiger charge is 2.18. The summed E-state index contributed by atoms with van der Waals surface area (Å²) in [5, 5.41) is 0. The summed E-state index contributed by atoms with van der Waals surface area (Å²) in [6.07, 6.45) is 10.4. The number of hydrogen-bond donors (Lipinski definition) is 0. The van der Waals surface area contributed by atoms with Gasteiger partial charge < -0.3 is 4.74 Å². The van der Waals surface area contributed by atoms with Crippen molar-refractivity contribution in [2.24, 2.45) is 0 Å². The first kappa shape index (κ1) is 7.63. The number of benzene rings is 1. The van der Waals surface area contributed by atoms with E-state index in [1.807, 2.05) is 30.4 Å². The summed E-state index contributed by atoms with van der Waals surface area (Å²) in [4.78, 5) is 0. The molecule has 1 aliphatic heterocycles. The third-order valence-corrected chi connectivity index (χ3v) is 2.54. The maximum atomic E-state index is 5.72. The molecule has 0 fully saturated rings. The molecule has 1 atom stereocenters. The lowest BCUT2D eigenvalue weighted by Gasteiger charge is -2.20. The largest absolute Gasteiger partial charge is 0.457 e. The number of fused-ring (bicyclic) bond motifs is 3. The maximum Gasteiger partial charge on any atom is 0.131 e. The molecule has 1 heterocycles. The lowest BCUT2D eigenvalue weighted by atomic mass is 9.96. The summed E-state index contributed by atoms with van der Waals surface area (Å²) in [5.74, 6) is 2.29. The summed E-state index contributed by atoms with van der Waals surface area (Å²) in [7, 11) is 0. The second-order valence-corrected chi connectivity index (χ2v) is 3.48. The van der Waals surface area contributed by atoms with E-state index >= 15 is 0 Å². The molecule has 0 saturated carbocycles. The van der Waals surface area contributed by atoms with Crippen molar-refractivity contribution in [1.29, 1.82) is 0 Å². The van der Waals surface area contributed by atoms with Crippen LogP contribution in [0.2, 0.25) is 0 Å². The predicted molar refractivity (Wildman–Crippen MR) is 56.2 cm³/mol. The molecule has 1 aromatic carbocycles. The molecule has 0 radical (unpaired) electrons. The summed E-state index contributed by atoms with van der Waals surface area (Å²) >= 11 is 0. The Morgan fingerprint density at radius 1 is 1.07 bits per heavy atom. The molecule has 1 heteroatoms. The number of allylic oxidation sites excluding steroid dienone is 5. The minimum Gasteiger partial charge on any atom is -0.457 e. The molecule has 14 heavy (non-hydrogen) atoms. The standard InChI is InChI=1S/C13H10O/c1-2-6-11-9-10(5-1)12-7-3-4-8-13(12)14-11/h1-10H. The molecule has 0 aromatic heterocycles. The summed E-state index contributed by atoms with van der Waals surface area (Å²) in [6, 6.07) is 8.18. The van der Waals surface area contributed by atoms with Gasteiger partial charge in [0.1, 0.15) is 11.5 Å². The molecule has 2 aliphatic rings. The molecule has 1 aromatic rings. The Labute approximate surface area is 83.0 Å². The molecular formula is C13H10O. The van der Waals surface area contributed by atoms with E-state index in [0.29, 0.717) is 5.92 Å². The van der Waals surface area contributed by atoms with Crippen LogP contribution in [0.1, 0.15) is 11.5 Å². The molecule has 1 nitrogen and oxygen atoms in total. The lowest BCUT2D eigenvalue weighted by molar-refractivity contribution is 0.424. The molecule has 0 N–H and O–H groups in total. The Morgan fingerprint density at radius 3 is 3.00 bits per heavy atom. The van der Waals surface area contributed by atoms with E-state index < -0.39 is 0 Å². The Bertz CT molecular complexity index is 452. The van der Waals surface area contributed by atoms with Crippen molar-refractivity contribution in [2.75, 3.05) is 0 Å². The third kappa shape index (κ3) is 1.10. The van der Waals surface area contributed by atoms with Crippen molar-refractivity contribution in [1.82, 2.24) is 0 Å². The quantitative estimate of drug-likeness (QED) is 0.598. The Hall–Kier alpha value is -1.76. The molecule has 0 amide bonds. The van der Waals surface area contributed by atoms with Crippen LogP contribution >= 0.6 is 0 Å². The second kappa shape index (κ2) is 2.88. The average molecular weight is 182 g/mol. The van der Waals surface area contributed by atoms with Gasteiger partial charge in [-0.05, 0) is 18.2 Å². The zero-order valence-corrected chi connectivity index (χ0v) is 7.68. The first-order valence-corrected chi connectivity index (χ1v) is 4.77. The molecule has 0 spiro atoms. The number of ether oxygens (including phenoxy) is 1. The van der Waals surface area contributed by atoms with Crippen LogP contribution in [0.3, 0.4) is 0 Å². The fraction of sp³-hybridized carbons (Fsp3) is 0.0769. The highest BCUT2D eigenvalue weighted by atomic mass is 16.5. The van der Waals surface area contributed by atoms with Gasteiger partial charge in [-0.3, -0.25) is 0 Å². The molecular weight excluding hydrogens is 172 g/mol. The normalized spacial score (nSPS) is 22.0. The Balaban J connectivity index is 2.17. The van der Waals surface area contributed by atoms with Gasteiger partial charge >= 0.3 is 0 Å². The van der Waals surface area contributed by atoms with Crippen LogP contribution in [-0.4, -0.2) is 0 Å². The van der Waals surface area contributed by atoms with Gasteiger partial charge in [-0.1, -0.05) is 36.4 Å². The van der Waals surface area contributed by atoms with Crippen LogP contribution in [0.4, 0.5) is 0 Å². The van der Waals surface area contributed by atoms with Gasteiger partial charge in [0, 0.05) is 11.5 Å². The van der Waals surface area contributed by atoms with Crippen LogP contribution in [0, 0.1) is 0 Å². The molecule has 1 aliphatic carbocycles. The number of para-hydroxylation sites is 1. The molecule has 68 valence electrons. The van der Waals surface area contributed by atoms with Crippen molar-refractivity contribution < 1.29 is 4.74 Å². The molecule has 1 unspecified atom stereocenters. The topological polar surface area (TPSA) is 9.23 Å². The van der Waals surface area contributed by atoms with Crippen molar-refractivity contribution in [2.45, 2.75) is 5.92 Å². The van der Waals surface area contributed by atoms with Crippen LogP contribution in [-0.2, 0) is 0 Å². The third-order valence-electron chi connectivity index (χ3n) is 2.54. The van der Waals surface area contributed by atoms with E-state index in [2.05, 4.69) is 24.3 Å². The van der Waals surface area contributed by atoms with Gasteiger partial charge in [0.05, 0.1) is 0 Å². The highest BCUT2D eigenvalue weighted by molar-refractivity contribution is 5.48. The first-order chi connectivity index (χ1) is 6.93. The van der Waals surface area contributed by atoms with Gasteiger partial charge in [0.15, 0.2) is 0 Å². The van der Waals surface area contributed by atoms with Gasteiger partial charge in [0.25, 0.3) is 0 Å². The van der Waals surface area contributed by atoms with Crippen molar-refractivity contribution in [3.05, 3.63) is 66.0 Å². The van der Waals surface area contributed by atoms with Gasteiger partial charge in [-0.15, -0.1) is 0 Å². The van der Waals surface area contributed by atoms with Crippen LogP contribution in [0.25, 0.3) is 0 Å². The molecule has 2 bridgehead atoms. The minimum atomic E-state index is 0.366. The average Bonchev–Trinajstić information content (AvgIpc) is 2.41. The second-order valence-electron chi connectivity index (χ2n) is 3.48. The summed E-state index contributed by atoms with van der Waals surface area (Å²) < 4.78 is 5.72. The lowest BCUT2D eigenvalue weighted by Crippen LogP contribution is -2.05. The fourth-order valence-corrected chi connectivity index (χ4v) is 1.86. The molecule has 0 saturated heterocycles. The van der Waals surface area contributed by atoms with Crippen LogP contribution < -0.4 is 4.74 Å².